The average molecular weight is 249 g/mol. The smallest absolute Gasteiger partial charge is 0.303 e. The number of nitrogens with two attached hydrogens (primary N) is 1. The van der Waals surface area contributed by atoms with E-state index in [0.29, 0.717) is 13.0 Å². The van der Waals surface area contributed by atoms with E-state index in [2.05, 4.69) is 6.07 Å². The minimum absolute atomic E-state index is 0.000885. The fourth-order valence-electron chi connectivity index (χ4n) is 2.72. The van der Waals surface area contributed by atoms with Crippen LogP contribution >= 0.6 is 0 Å². The summed E-state index contributed by atoms with van der Waals surface area (Å²) in [6, 6.07) is 5.96. The maximum atomic E-state index is 10.7. The quantitative estimate of drug-likeness (QED) is 0.836. The summed E-state index contributed by atoms with van der Waals surface area (Å²) in [4.78, 5) is 10.7. The molecule has 2 unspecified atom stereocenters. The molecule has 0 radical (unpaired) electrons. The van der Waals surface area contributed by atoms with Crippen LogP contribution in [0.2, 0.25) is 0 Å². The summed E-state index contributed by atoms with van der Waals surface area (Å²) >= 11 is 0. The first-order chi connectivity index (χ1) is 8.63. The van der Waals surface area contributed by atoms with Gasteiger partial charge in [-0.1, -0.05) is 12.1 Å². The Bertz CT molecular complexity index is 445. The highest BCUT2D eigenvalue weighted by molar-refractivity contribution is 5.67. The van der Waals surface area contributed by atoms with E-state index >= 15 is 0 Å². The molecule has 2 atom stereocenters. The molecule has 0 aliphatic heterocycles. The van der Waals surface area contributed by atoms with E-state index in [1.807, 2.05) is 19.1 Å². The van der Waals surface area contributed by atoms with Crippen molar-refractivity contribution in [2.75, 3.05) is 6.61 Å². The summed E-state index contributed by atoms with van der Waals surface area (Å²) in [5.74, 6) is 0.182. The standard InChI is InChI=1S/C14H19NO3/c1-2-18-12-5-3-4-9-8-11(15)10(14(9)12)6-7-13(16)17/h3-5,10-11H,2,6-8,15H2,1H3,(H,16,17). The molecule has 0 fully saturated rings. The summed E-state index contributed by atoms with van der Waals surface area (Å²) in [5, 5.41) is 8.81. The Morgan fingerprint density at radius 2 is 2.33 bits per heavy atom. The highest BCUT2D eigenvalue weighted by atomic mass is 16.5. The first-order valence-electron chi connectivity index (χ1n) is 6.35. The minimum Gasteiger partial charge on any atom is -0.494 e. The molecule has 1 aromatic rings. The van der Waals surface area contributed by atoms with Crippen LogP contribution in [0.1, 0.15) is 36.8 Å². The average Bonchev–Trinajstić information content (AvgIpc) is 2.63. The summed E-state index contributed by atoms with van der Waals surface area (Å²) in [7, 11) is 0. The Morgan fingerprint density at radius 1 is 1.56 bits per heavy atom. The number of ether oxygens (including phenoxy) is 1. The maximum absolute atomic E-state index is 10.7. The SMILES string of the molecule is CCOc1cccc2c1C(CCC(=O)O)C(N)C2. The molecule has 0 aromatic heterocycles. The van der Waals surface area contributed by atoms with E-state index < -0.39 is 5.97 Å². The predicted molar refractivity (Wildman–Crippen MR) is 68.9 cm³/mol. The van der Waals surface area contributed by atoms with Crippen LogP contribution in [0.15, 0.2) is 18.2 Å². The predicted octanol–water partition coefficient (Wildman–Crippen LogP) is 1.92. The Hall–Kier alpha value is -1.55. The molecule has 0 saturated carbocycles. The molecule has 1 aliphatic carbocycles. The van der Waals surface area contributed by atoms with Crippen LogP contribution in [0, 0.1) is 0 Å². The Morgan fingerprint density at radius 3 is 3.00 bits per heavy atom. The normalized spacial score (nSPS) is 21.7. The van der Waals surface area contributed by atoms with E-state index in [0.717, 1.165) is 17.7 Å². The lowest BCUT2D eigenvalue weighted by Gasteiger charge is -2.18. The van der Waals surface area contributed by atoms with Crippen molar-refractivity contribution in [3.63, 3.8) is 0 Å². The largest absolute Gasteiger partial charge is 0.494 e. The van der Waals surface area contributed by atoms with Crippen LogP contribution in [0.4, 0.5) is 0 Å². The zero-order valence-electron chi connectivity index (χ0n) is 10.6. The lowest BCUT2D eigenvalue weighted by atomic mass is 9.93. The van der Waals surface area contributed by atoms with Crippen molar-refractivity contribution in [1.82, 2.24) is 0 Å². The number of rotatable bonds is 5. The Balaban J connectivity index is 2.26. The number of carbonyl (C=O) groups is 1. The molecule has 2 rings (SSSR count). The number of aliphatic carboxylic acids is 1. The Labute approximate surface area is 107 Å². The second-order valence-electron chi connectivity index (χ2n) is 4.67. The van der Waals surface area contributed by atoms with Crippen molar-refractivity contribution < 1.29 is 14.6 Å². The number of carboxylic acid groups (broad SMARTS) is 1. The van der Waals surface area contributed by atoms with Crippen LogP contribution in [-0.2, 0) is 11.2 Å². The van der Waals surface area contributed by atoms with Gasteiger partial charge >= 0.3 is 5.97 Å². The van der Waals surface area contributed by atoms with Gasteiger partial charge in [-0.2, -0.15) is 0 Å². The van der Waals surface area contributed by atoms with Crippen molar-refractivity contribution >= 4 is 5.97 Å². The van der Waals surface area contributed by atoms with Crippen molar-refractivity contribution in [3.05, 3.63) is 29.3 Å². The van der Waals surface area contributed by atoms with Crippen LogP contribution in [0.25, 0.3) is 0 Å². The fourth-order valence-corrected chi connectivity index (χ4v) is 2.72. The summed E-state index contributed by atoms with van der Waals surface area (Å²) in [6.45, 7) is 2.55. The monoisotopic (exact) mass is 249 g/mol. The highest BCUT2D eigenvalue weighted by Crippen LogP contribution is 2.41. The molecule has 0 heterocycles. The first kappa shape index (κ1) is 12.9. The van der Waals surface area contributed by atoms with Crippen molar-refractivity contribution in [2.45, 2.75) is 38.1 Å². The zero-order valence-corrected chi connectivity index (χ0v) is 10.6. The van der Waals surface area contributed by atoms with E-state index in [1.165, 1.54) is 5.56 Å². The van der Waals surface area contributed by atoms with E-state index in [-0.39, 0.29) is 18.4 Å². The lowest BCUT2D eigenvalue weighted by molar-refractivity contribution is -0.137. The molecule has 0 amide bonds. The molecule has 0 spiro atoms. The number of carboxylic acids is 1. The van der Waals surface area contributed by atoms with E-state index in [1.54, 1.807) is 0 Å². The molecule has 0 bridgehead atoms. The molecule has 98 valence electrons. The van der Waals surface area contributed by atoms with Gasteiger partial charge in [0.15, 0.2) is 0 Å². The van der Waals surface area contributed by atoms with Crippen molar-refractivity contribution in [3.8, 4) is 5.75 Å². The van der Waals surface area contributed by atoms with Gasteiger partial charge in [-0.3, -0.25) is 4.79 Å². The van der Waals surface area contributed by atoms with Gasteiger partial charge in [0.1, 0.15) is 5.75 Å². The zero-order chi connectivity index (χ0) is 13.1. The highest BCUT2D eigenvalue weighted by Gasteiger charge is 2.32. The Kier molecular flexibility index (Phi) is 3.87. The van der Waals surface area contributed by atoms with Gasteiger partial charge in [0.05, 0.1) is 6.61 Å². The van der Waals surface area contributed by atoms with Gasteiger partial charge in [-0.15, -0.1) is 0 Å². The van der Waals surface area contributed by atoms with Gasteiger partial charge < -0.3 is 15.6 Å². The van der Waals surface area contributed by atoms with Gasteiger partial charge in [-0.05, 0) is 31.4 Å². The van der Waals surface area contributed by atoms with Gasteiger partial charge in [0.2, 0.25) is 0 Å². The van der Waals surface area contributed by atoms with Gasteiger partial charge in [0.25, 0.3) is 0 Å². The molecule has 1 aromatic carbocycles. The van der Waals surface area contributed by atoms with Gasteiger partial charge in [0, 0.05) is 23.9 Å². The van der Waals surface area contributed by atoms with Crippen LogP contribution < -0.4 is 10.5 Å². The third kappa shape index (κ3) is 2.48. The summed E-state index contributed by atoms with van der Waals surface area (Å²) in [6.07, 6.45) is 1.53. The fraction of sp³-hybridized carbons (Fsp3) is 0.500. The number of fused-ring (bicyclic) bond motifs is 1. The van der Waals surface area contributed by atoms with Crippen LogP contribution in [0.3, 0.4) is 0 Å². The molecule has 0 saturated heterocycles. The second kappa shape index (κ2) is 5.40. The lowest BCUT2D eigenvalue weighted by Crippen LogP contribution is -2.25. The van der Waals surface area contributed by atoms with Crippen LogP contribution in [-0.4, -0.2) is 23.7 Å². The topological polar surface area (TPSA) is 72.5 Å². The molecule has 4 heteroatoms. The van der Waals surface area contributed by atoms with Crippen LogP contribution in [0.5, 0.6) is 5.75 Å². The molecule has 4 nitrogen and oxygen atoms in total. The van der Waals surface area contributed by atoms with Gasteiger partial charge in [-0.25, -0.2) is 0 Å². The second-order valence-corrected chi connectivity index (χ2v) is 4.67. The molecular weight excluding hydrogens is 230 g/mol. The maximum Gasteiger partial charge on any atom is 0.303 e. The van der Waals surface area contributed by atoms with E-state index in [9.17, 15) is 4.79 Å². The molecule has 3 N–H and O–H groups in total. The molecule has 18 heavy (non-hydrogen) atoms. The summed E-state index contributed by atoms with van der Waals surface area (Å²) < 4.78 is 5.63. The third-order valence-electron chi connectivity index (χ3n) is 3.47. The minimum atomic E-state index is -0.774. The first-order valence-corrected chi connectivity index (χ1v) is 6.35. The number of benzene rings is 1. The molecular formula is C14H19NO3. The number of hydrogen-bond donors (Lipinski definition) is 2. The number of hydrogen-bond acceptors (Lipinski definition) is 3. The summed E-state index contributed by atoms with van der Waals surface area (Å²) in [5.41, 5.74) is 8.45. The third-order valence-corrected chi connectivity index (χ3v) is 3.47. The van der Waals surface area contributed by atoms with E-state index in [4.69, 9.17) is 15.6 Å². The van der Waals surface area contributed by atoms with Crippen molar-refractivity contribution in [1.29, 1.82) is 0 Å². The molecule has 1 aliphatic rings. The van der Waals surface area contributed by atoms with Crippen molar-refractivity contribution in [2.24, 2.45) is 5.73 Å².